The summed E-state index contributed by atoms with van der Waals surface area (Å²) in [6.07, 6.45) is 0.171. The molecule has 0 N–H and O–H groups in total. The third kappa shape index (κ3) is 2.63. The molecule has 0 saturated carbocycles. The molecule has 0 bridgehead atoms. The van der Waals surface area contributed by atoms with E-state index in [1.807, 2.05) is 17.5 Å². The van der Waals surface area contributed by atoms with E-state index in [-0.39, 0.29) is 18.1 Å². The molecule has 0 aliphatic carbocycles. The molecule has 1 unspecified atom stereocenters. The van der Waals surface area contributed by atoms with E-state index in [9.17, 15) is 4.79 Å². The second-order valence-electron chi connectivity index (χ2n) is 3.73. The smallest absolute Gasteiger partial charge is 0.199 e. The van der Waals surface area contributed by atoms with Crippen molar-refractivity contribution in [3.8, 4) is 6.07 Å². The maximum atomic E-state index is 11.9. The van der Waals surface area contributed by atoms with Crippen LogP contribution >= 0.6 is 11.3 Å². The van der Waals surface area contributed by atoms with Crippen LogP contribution in [0.5, 0.6) is 0 Å². The van der Waals surface area contributed by atoms with Gasteiger partial charge >= 0.3 is 0 Å². The van der Waals surface area contributed by atoms with Crippen LogP contribution in [0.3, 0.4) is 0 Å². The van der Waals surface area contributed by atoms with Crippen molar-refractivity contribution in [2.24, 2.45) is 0 Å². The van der Waals surface area contributed by atoms with Gasteiger partial charge < -0.3 is 4.42 Å². The summed E-state index contributed by atoms with van der Waals surface area (Å²) in [6.45, 7) is 1.79. The molecule has 0 aliphatic heterocycles. The van der Waals surface area contributed by atoms with E-state index in [0.717, 1.165) is 4.88 Å². The fraction of sp³-hybridized carbons (Fsp3) is 0.231. The maximum absolute atomic E-state index is 11.9. The fourth-order valence-electron chi connectivity index (χ4n) is 1.57. The zero-order chi connectivity index (χ0) is 12.3. The van der Waals surface area contributed by atoms with E-state index < -0.39 is 0 Å². The third-order valence-corrected chi connectivity index (χ3v) is 3.43. The number of hydrogen-bond acceptors (Lipinski definition) is 4. The molecule has 3 nitrogen and oxygen atoms in total. The van der Waals surface area contributed by atoms with Gasteiger partial charge in [-0.05, 0) is 30.5 Å². The van der Waals surface area contributed by atoms with Crippen LogP contribution in [-0.4, -0.2) is 5.78 Å². The summed E-state index contributed by atoms with van der Waals surface area (Å²) in [5, 5.41) is 11.0. The first-order chi connectivity index (χ1) is 8.20. The highest BCUT2D eigenvalue weighted by Gasteiger charge is 2.19. The lowest BCUT2D eigenvalue weighted by Crippen LogP contribution is -2.04. The quantitative estimate of drug-likeness (QED) is 0.774. The Hall–Kier alpha value is -1.86. The van der Waals surface area contributed by atoms with Gasteiger partial charge in [-0.1, -0.05) is 6.07 Å². The van der Waals surface area contributed by atoms with Crippen LogP contribution < -0.4 is 0 Å². The van der Waals surface area contributed by atoms with Crippen molar-refractivity contribution in [1.29, 1.82) is 5.26 Å². The summed E-state index contributed by atoms with van der Waals surface area (Å²) >= 11 is 1.49. The molecule has 0 spiro atoms. The van der Waals surface area contributed by atoms with Gasteiger partial charge in [0.15, 0.2) is 11.5 Å². The lowest BCUT2D eigenvalue weighted by atomic mass is 10.0. The summed E-state index contributed by atoms with van der Waals surface area (Å²) in [5.74, 6) is 0.531. The number of thiophene rings is 1. The van der Waals surface area contributed by atoms with Crippen LogP contribution in [0.4, 0.5) is 0 Å². The molecule has 0 aliphatic rings. The van der Waals surface area contributed by atoms with Gasteiger partial charge in [0.25, 0.3) is 0 Å². The van der Waals surface area contributed by atoms with Crippen molar-refractivity contribution in [2.75, 3.05) is 0 Å². The molecule has 1 atom stereocenters. The highest BCUT2D eigenvalue weighted by atomic mass is 32.1. The largest absolute Gasteiger partial charge is 0.458 e. The molecule has 4 heteroatoms. The summed E-state index contributed by atoms with van der Waals surface area (Å²) in [6, 6.07) is 9.32. The number of rotatable bonds is 4. The van der Waals surface area contributed by atoms with Gasteiger partial charge in [-0.3, -0.25) is 4.79 Å². The average molecular weight is 245 g/mol. The predicted octanol–water partition coefficient (Wildman–Crippen LogP) is 3.53. The number of aryl methyl sites for hydroxylation is 1. The lowest BCUT2D eigenvalue weighted by Gasteiger charge is -2.03. The zero-order valence-electron chi connectivity index (χ0n) is 9.34. The van der Waals surface area contributed by atoms with E-state index in [4.69, 9.17) is 9.68 Å². The number of ketones is 1. The van der Waals surface area contributed by atoms with Gasteiger partial charge in [0.1, 0.15) is 5.76 Å². The summed E-state index contributed by atoms with van der Waals surface area (Å²) in [7, 11) is 0. The summed E-state index contributed by atoms with van der Waals surface area (Å²) < 4.78 is 5.25. The average Bonchev–Trinajstić information content (AvgIpc) is 2.96. The molecule has 0 amide bonds. The standard InChI is InChI=1S/C13H11NO2S/c1-9-4-5-12(16-9)11(15)7-10(8-14)13-3-2-6-17-13/h2-6,10H,7H2,1H3. The number of carbonyl (C=O) groups excluding carboxylic acids is 1. The fourth-order valence-corrected chi connectivity index (χ4v) is 2.34. The van der Waals surface area contributed by atoms with Crippen LogP contribution in [0.25, 0.3) is 0 Å². The van der Waals surface area contributed by atoms with Crippen molar-refractivity contribution in [3.63, 3.8) is 0 Å². The minimum absolute atomic E-state index is 0.127. The van der Waals surface area contributed by atoms with Crippen molar-refractivity contribution < 1.29 is 9.21 Å². The van der Waals surface area contributed by atoms with Gasteiger partial charge in [-0.2, -0.15) is 5.26 Å². The maximum Gasteiger partial charge on any atom is 0.199 e. The zero-order valence-corrected chi connectivity index (χ0v) is 10.2. The first-order valence-electron chi connectivity index (χ1n) is 5.23. The number of nitriles is 1. The normalized spacial score (nSPS) is 12.0. The van der Waals surface area contributed by atoms with Crippen molar-refractivity contribution in [2.45, 2.75) is 19.3 Å². The van der Waals surface area contributed by atoms with Crippen LogP contribution in [0, 0.1) is 18.3 Å². The van der Waals surface area contributed by atoms with Gasteiger partial charge in [0.05, 0.1) is 12.0 Å². The van der Waals surface area contributed by atoms with Crippen molar-refractivity contribution >= 4 is 17.1 Å². The number of Topliss-reactive ketones (excluding diaryl/α,β-unsaturated/α-hetero) is 1. The highest BCUT2D eigenvalue weighted by molar-refractivity contribution is 7.10. The molecule has 86 valence electrons. The Morgan fingerprint density at radius 1 is 1.53 bits per heavy atom. The van der Waals surface area contributed by atoms with Crippen LogP contribution in [0.2, 0.25) is 0 Å². The third-order valence-electron chi connectivity index (χ3n) is 2.45. The molecular formula is C13H11NO2S. The van der Waals surface area contributed by atoms with Gasteiger partial charge in [-0.25, -0.2) is 0 Å². The van der Waals surface area contributed by atoms with Gasteiger partial charge in [-0.15, -0.1) is 11.3 Å². The molecule has 0 radical (unpaired) electrons. The van der Waals surface area contributed by atoms with E-state index in [0.29, 0.717) is 11.5 Å². The summed E-state index contributed by atoms with van der Waals surface area (Å²) in [5.41, 5.74) is 0. The minimum Gasteiger partial charge on any atom is -0.458 e. The molecular weight excluding hydrogens is 234 g/mol. The molecule has 0 saturated heterocycles. The molecule has 2 aromatic heterocycles. The van der Waals surface area contributed by atoms with E-state index in [2.05, 4.69) is 6.07 Å². The molecule has 2 heterocycles. The lowest BCUT2D eigenvalue weighted by molar-refractivity contribution is 0.0951. The predicted molar refractivity (Wildman–Crippen MR) is 65.1 cm³/mol. The Bertz CT molecular complexity index is 548. The SMILES string of the molecule is Cc1ccc(C(=O)CC(C#N)c2cccs2)o1. The first-order valence-corrected chi connectivity index (χ1v) is 6.11. The van der Waals surface area contributed by atoms with E-state index >= 15 is 0 Å². The van der Waals surface area contributed by atoms with Crippen molar-refractivity contribution in [3.05, 3.63) is 46.0 Å². The van der Waals surface area contributed by atoms with E-state index in [1.165, 1.54) is 11.3 Å². The Kier molecular flexibility index (Phi) is 3.40. The van der Waals surface area contributed by atoms with Crippen LogP contribution in [0.1, 0.15) is 33.5 Å². The van der Waals surface area contributed by atoms with E-state index in [1.54, 1.807) is 19.1 Å². The Morgan fingerprint density at radius 2 is 2.35 bits per heavy atom. The highest BCUT2D eigenvalue weighted by Crippen LogP contribution is 2.25. The molecule has 17 heavy (non-hydrogen) atoms. The van der Waals surface area contributed by atoms with Crippen molar-refractivity contribution in [1.82, 2.24) is 0 Å². The Labute approximate surface area is 103 Å². The second-order valence-corrected chi connectivity index (χ2v) is 4.71. The number of nitrogens with zero attached hydrogens (tertiary/aromatic N) is 1. The molecule has 0 aromatic carbocycles. The van der Waals surface area contributed by atoms with Gasteiger partial charge in [0.2, 0.25) is 0 Å². The minimum atomic E-state index is -0.382. The number of hydrogen-bond donors (Lipinski definition) is 0. The topological polar surface area (TPSA) is 54.0 Å². The Morgan fingerprint density at radius 3 is 2.88 bits per heavy atom. The van der Waals surface area contributed by atoms with Gasteiger partial charge in [0, 0.05) is 11.3 Å². The molecule has 2 aromatic rings. The molecule has 0 fully saturated rings. The first kappa shape index (κ1) is 11.6. The number of furan rings is 1. The second kappa shape index (κ2) is 4.98. The van der Waals surface area contributed by atoms with Crippen LogP contribution in [-0.2, 0) is 0 Å². The Balaban J connectivity index is 2.10. The van der Waals surface area contributed by atoms with Crippen LogP contribution in [0.15, 0.2) is 34.1 Å². The summed E-state index contributed by atoms with van der Waals surface area (Å²) in [4.78, 5) is 12.8. The number of carbonyl (C=O) groups is 1. The monoisotopic (exact) mass is 245 g/mol. The molecule has 2 rings (SSSR count).